The molecule has 1 unspecified atom stereocenters. The Morgan fingerprint density at radius 1 is 1.43 bits per heavy atom. The maximum absolute atomic E-state index is 12.2. The van der Waals surface area contributed by atoms with Gasteiger partial charge in [-0.05, 0) is 38.1 Å². The molecule has 0 bridgehead atoms. The lowest BCUT2D eigenvalue weighted by atomic mass is 9.97. The monoisotopic (exact) mass is 303 g/mol. The summed E-state index contributed by atoms with van der Waals surface area (Å²) in [6.45, 7) is 4.69. The van der Waals surface area contributed by atoms with Gasteiger partial charge in [-0.15, -0.1) is 11.3 Å². The first-order valence-corrected chi connectivity index (χ1v) is 8.39. The third-order valence-corrected chi connectivity index (χ3v) is 5.29. The van der Waals surface area contributed by atoms with Gasteiger partial charge in [-0.2, -0.15) is 0 Å². The second kappa shape index (κ2) is 6.54. The number of amides is 1. The van der Waals surface area contributed by atoms with Gasteiger partial charge in [-0.3, -0.25) is 4.79 Å². The van der Waals surface area contributed by atoms with Crippen LogP contribution < -0.4 is 10.6 Å². The molecule has 3 rings (SSSR count). The van der Waals surface area contributed by atoms with Crippen molar-refractivity contribution in [2.75, 3.05) is 19.6 Å². The van der Waals surface area contributed by atoms with E-state index < -0.39 is 0 Å². The lowest BCUT2D eigenvalue weighted by Crippen LogP contribution is -2.39. The molecule has 1 amide bonds. The van der Waals surface area contributed by atoms with Gasteiger partial charge in [0, 0.05) is 18.4 Å². The molecular weight excluding hydrogens is 282 g/mol. The smallest absolute Gasteiger partial charge is 0.223 e. The molecule has 0 aliphatic carbocycles. The van der Waals surface area contributed by atoms with Crippen LogP contribution in [0.25, 0.3) is 10.2 Å². The fraction of sp³-hybridized carbons (Fsp3) is 0.500. The number of nitrogens with zero attached hydrogens (tertiary/aromatic N) is 1. The predicted molar refractivity (Wildman–Crippen MR) is 86.6 cm³/mol. The van der Waals surface area contributed by atoms with E-state index >= 15 is 0 Å². The molecular formula is C16H21N3OS. The van der Waals surface area contributed by atoms with Crippen LogP contribution in [0.5, 0.6) is 0 Å². The molecule has 2 heterocycles. The Kier molecular flexibility index (Phi) is 4.51. The highest BCUT2D eigenvalue weighted by Gasteiger charge is 2.21. The van der Waals surface area contributed by atoms with Crippen LogP contribution >= 0.6 is 11.3 Å². The number of aromatic nitrogens is 1. The Hall–Kier alpha value is -1.46. The molecule has 1 fully saturated rings. The van der Waals surface area contributed by atoms with E-state index in [1.807, 2.05) is 18.2 Å². The largest absolute Gasteiger partial charge is 0.355 e. The van der Waals surface area contributed by atoms with Gasteiger partial charge in [0.1, 0.15) is 0 Å². The van der Waals surface area contributed by atoms with Crippen LogP contribution in [0.2, 0.25) is 0 Å². The molecule has 1 aliphatic rings. The van der Waals surface area contributed by atoms with Crippen LogP contribution in [-0.2, 0) is 4.79 Å². The Morgan fingerprint density at radius 3 is 2.95 bits per heavy atom. The zero-order valence-corrected chi connectivity index (χ0v) is 13.1. The number of carbonyl (C=O) groups excluding carboxylic acids is 1. The minimum Gasteiger partial charge on any atom is -0.355 e. The Bertz CT molecular complexity index is 586. The van der Waals surface area contributed by atoms with Gasteiger partial charge in [0.2, 0.25) is 5.91 Å². The summed E-state index contributed by atoms with van der Waals surface area (Å²) < 4.78 is 1.21. The molecule has 0 radical (unpaired) electrons. The Labute approximate surface area is 129 Å². The summed E-state index contributed by atoms with van der Waals surface area (Å²) in [5.41, 5.74) is 1.05. The number of carbonyl (C=O) groups is 1. The Balaban J connectivity index is 1.58. The molecule has 4 nitrogen and oxygen atoms in total. The summed E-state index contributed by atoms with van der Waals surface area (Å²) in [5.74, 6) is 0.631. The highest BCUT2D eigenvalue weighted by Crippen LogP contribution is 2.27. The fourth-order valence-electron chi connectivity index (χ4n) is 2.67. The van der Waals surface area contributed by atoms with Crippen LogP contribution in [0, 0.1) is 5.92 Å². The summed E-state index contributed by atoms with van der Waals surface area (Å²) in [6, 6.07) is 8.18. The van der Waals surface area contributed by atoms with Crippen LogP contribution in [0.3, 0.4) is 0 Å². The molecule has 0 saturated carbocycles. The van der Waals surface area contributed by atoms with Gasteiger partial charge in [0.05, 0.1) is 15.2 Å². The lowest BCUT2D eigenvalue weighted by Gasteiger charge is -2.22. The fourth-order valence-corrected chi connectivity index (χ4v) is 3.69. The molecule has 1 aromatic carbocycles. The van der Waals surface area contributed by atoms with Gasteiger partial charge < -0.3 is 10.6 Å². The third-order valence-electron chi connectivity index (χ3n) is 4.02. The molecule has 112 valence electrons. The van der Waals surface area contributed by atoms with E-state index in [1.54, 1.807) is 11.3 Å². The van der Waals surface area contributed by atoms with Crippen LogP contribution in [0.4, 0.5) is 0 Å². The second-order valence-electron chi connectivity index (χ2n) is 5.69. The number of fused-ring (bicyclic) bond motifs is 1. The molecule has 1 aromatic heterocycles. The highest BCUT2D eigenvalue weighted by atomic mass is 32.1. The third kappa shape index (κ3) is 3.41. The van der Waals surface area contributed by atoms with Gasteiger partial charge in [-0.25, -0.2) is 4.98 Å². The first-order valence-electron chi connectivity index (χ1n) is 7.58. The molecule has 1 saturated heterocycles. The van der Waals surface area contributed by atoms with E-state index in [4.69, 9.17) is 0 Å². The number of rotatable bonds is 4. The summed E-state index contributed by atoms with van der Waals surface area (Å²) in [4.78, 5) is 16.8. The average Bonchev–Trinajstić information content (AvgIpc) is 2.97. The molecule has 21 heavy (non-hydrogen) atoms. The van der Waals surface area contributed by atoms with Crippen molar-refractivity contribution in [3.05, 3.63) is 29.3 Å². The molecule has 2 N–H and O–H groups in total. The summed E-state index contributed by atoms with van der Waals surface area (Å²) >= 11 is 1.72. The van der Waals surface area contributed by atoms with Gasteiger partial charge in [0.15, 0.2) is 0 Å². The van der Waals surface area contributed by atoms with Gasteiger partial charge in [-0.1, -0.05) is 19.1 Å². The van der Waals surface area contributed by atoms with Crippen molar-refractivity contribution in [2.24, 2.45) is 5.92 Å². The van der Waals surface area contributed by atoms with Crippen molar-refractivity contribution in [2.45, 2.75) is 25.7 Å². The van der Waals surface area contributed by atoms with Crippen molar-refractivity contribution >= 4 is 27.5 Å². The average molecular weight is 303 g/mol. The summed E-state index contributed by atoms with van der Waals surface area (Å²) in [6.07, 6.45) is 1.89. The van der Waals surface area contributed by atoms with Crippen LogP contribution in [0.1, 0.15) is 30.7 Å². The molecule has 0 spiro atoms. The minimum atomic E-state index is 0.175. The SMILES string of the molecule is CC(CNC(=O)C1CCNCC1)c1nc2ccccc2s1. The number of nitrogens with one attached hydrogen (secondary N) is 2. The number of para-hydroxylation sites is 1. The first-order chi connectivity index (χ1) is 10.2. The van der Waals surface area contributed by atoms with E-state index in [-0.39, 0.29) is 17.7 Å². The minimum absolute atomic E-state index is 0.175. The molecule has 5 heteroatoms. The highest BCUT2D eigenvalue weighted by molar-refractivity contribution is 7.18. The van der Waals surface area contributed by atoms with E-state index in [9.17, 15) is 4.79 Å². The zero-order valence-electron chi connectivity index (χ0n) is 12.3. The second-order valence-corrected chi connectivity index (χ2v) is 6.75. The number of hydrogen-bond donors (Lipinski definition) is 2. The number of piperidine rings is 1. The first kappa shape index (κ1) is 14.5. The van der Waals surface area contributed by atoms with Crippen molar-refractivity contribution in [1.29, 1.82) is 0 Å². The molecule has 1 aliphatic heterocycles. The number of hydrogen-bond acceptors (Lipinski definition) is 4. The van der Waals surface area contributed by atoms with Gasteiger partial charge >= 0.3 is 0 Å². The molecule has 2 aromatic rings. The van der Waals surface area contributed by atoms with Gasteiger partial charge in [0.25, 0.3) is 0 Å². The van der Waals surface area contributed by atoms with E-state index in [1.165, 1.54) is 4.70 Å². The van der Waals surface area contributed by atoms with Crippen molar-refractivity contribution in [3.8, 4) is 0 Å². The number of benzene rings is 1. The van der Waals surface area contributed by atoms with E-state index in [0.29, 0.717) is 6.54 Å². The predicted octanol–water partition coefficient (Wildman–Crippen LogP) is 2.52. The van der Waals surface area contributed by atoms with Crippen molar-refractivity contribution in [3.63, 3.8) is 0 Å². The normalized spacial score (nSPS) is 17.8. The van der Waals surface area contributed by atoms with E-state index in [2.05, 4.69) is 28.6 Å². The summed E-state index contributed by atoms with van der Waals surface area (Å²) in [7, 11) is 0. The van der Waals surface area contributed by atoms with Crippen molar-refractivity contribution in [1.82, 2.24) is 15.6 Å². The number of thiazole rings is 1. The molecule has 1 atom stereocenters. The maximum Gasteiger partial charge on any atom is 0.223 e. The topological polar surface area (TPSA) is 54.0 Å². The standard InChI is InChI=1S/C16H21N3OS/c1-11(10-18-15(20)12-6-8-17-9-7-12)16-19-13-4-2-3-5-14(13)21-16/h2-5,11-12,17H,6-10H2,1H3,(H,18,20). The summed E-state index contributed by atoms with van der Waals surface area (Å²) in [5, 5.41) is 7.48. The quantitative estimate of drug-likeness (QED) is 0.912. The van der Waals surface area contributed by atoms with Crippen LogP contribution in [-0.4, -0.2) is 30.5 Å². The maximum atomic E-state index is 12.2. The zero-order chi connectivity index (χ0) is 14.7. The van der Waals surface area contributed by atoms with E-state index in [0.717, 1.165) is 36.5 Å². The van der Waals surface area contributed by atoms with Crippen LogP contribution in [0.15, 0.2) is 24.3 Å². The lowest BCUT2D eigenvalue weighted by molar-refractivity contribution is -0.125. The van der Waals surface area contributed by atoms with Crippen molar-refractivity contribution < 1.29 is 4.79 Å². The Morgan fingerprint density at radius 2 is 2.19 bits per heavy atom.